The van der Waals surface area contributed by atoms with Gasteiger partial charge in [0.2, 0.25) is 0 Å². The van der Waals surface area contributed by atoms with E-state index >= 15 is 0 Å². The van der Waals surface area contributed by atoms with Gasteiger partial charge in [0.05, 0.1) is 6.10 Å². The Kier molecular flexibility index (Phi) is 5.45. The Bertz CT molecular complexity index is 378. The first-order valence-electron chi connectivity index (χ1n) is 7.84. The average Bonchev–Trinajstić information content (AvgIpc) is 2.95. The van der Waals surface area contributed by atoms with Crippen molar-refractivity contribution in [2.24, 2.45) is 11.8 Å². The highest BCUT2D eigenvalue weighted by Crippen LogP contribution is 2.25. The Labute approximate surface area is 126 Å². The highest BCUT2D eigenvalue weighted by Gasteiger charge is 2.32. The summed E-state index contributed by atoms with van der Waals surface area (Å²) in [5, 5.41) is 8.60. The number of urea groups is 1. The predicted molar refractivity (Wildman–Crippen MR) is 78.1 cm³/mol. The molecule has 0 saturated carbocycles. The number of carboxylic acid groups (broad SMARTS) is 1. The fourth-order valence-electron chi connectivity index (χ4n) is 3.11. The molecule has 1 N–H and O–H groups in total. The van der Waals surface area contributed by atoms with Crippen molar-refractivity contribution < 1.29 is 19.4 Å². The van der Waals surface area contributed by atoms with Crippen molar-refractivity contribution in [1.82, 2.24) is 9.80 Å². The van der Waals surface area contributed by atoms with E-state index < -0.39 is 5.97 Å². The van der Waals surface area contributed by atoms with Gasteiger partial charge in [0.25, 0.3) is 0 Å². The SMILES string of the molecule is CC(C)C1CCN(C(=O)N2CCC(OCC(=O)O)CC2)C1. The largest absolute Gasteiger partial charge is 0.480 e. The van der Waals surface area contributed by atoms with Crippen molar-refractivity contribution in [2.45, 2.75) is 39.2 Å². The van der Waals surface area contributed by atoms with E-state index in [1.807, 2.05) is 9.80 Å². The van der Waals surface area contributed by atoms with Crippen LogP contribution in [0.2, 0.25) is 0 Å². The van der Waals surface area contributed by atoms with Crippen LogP contribution in [-0.2, 0) is 9.53 Å². The third-order valence-electron chi connectivity index (χ3n) is 4.59. The summed E-state index contributed by atoms with van der Waals surface area (Å²) in [5.74, 6) is 0.300. The second kappa shape index (κ2) is 7.11. The molecule has 1 atom stereocenters. The lowest BCUT2D eigenvalue weighted by Gasteiger charge is -2.34. The van der Waals surface area contributed by atoms with Crippen LogP contribution in [0.4, 0.5) is 4.79 Å². The fourth-order valence-corrected chi connectivity index (χ4v) is 3.11. The molecule has 0 aromatic carbocycles. The van der Waals surface area contributed by atoms with Gasteiger partial charge in [-0.05, 0) is 31.1 Å². The van der Waals surface area contributed by atoms with Crippen molar-refractivity contribution in [2.75, 3.05) is 32.8 Å². The summed E-state index contributed by atoms with van der Waals surface area (Å²) >= 11 is 0. The number of amides is 2. The monoisotopic (exact) mass is 298 g/mol. The van der Waals surface area contributed by atoms with E-state index in [0.717, 1.165) is 32.4 Å². The van der Waals surface area contributed by atoms with E-state index in [0.29, 0.717) is 24.9 Å². The number of carbonyl (C=O) groups is 2. The van der Waals surface area contributed by atoms with Gasteiger partial charge in [-0.2, -0.15) is 0 Å². The second-order valence-corrected chi connectivity index (χ2v) is 6.41. The summed E-state index contributed by atoms with van der Waals surface area (Å²) < 4.78 is 5.30. The predicted octanol–water partition coefficient (Wildman–Crippen LogP) is 1.65. The zero-order chi connectivity index (χ0) is 15.4. The van der Waals surface area contributed by atoms with Gasteiger partial charge in [-0.3, -0.25) is 0 Å². The molecule has 6 nitrogen and oxygen atoms in total. The van der Waals surface area contributed by atoms with Gasteiger partial charge in [0.1, 0.15) is 6.61 Å². The van der Waals surface area contributed by atoms with Crippen LogP contribution in [-0.4, -0.2) is 65.8 Å². The molecule has 2 saturated heterocycles. The first-order chi connectivity index (χ1) is 9.97. The molecular formula is C15H26N2O4. The van der Waals surface area contributed by atoms with Crippen LogP contribution in [0.25, 0.3) is 0 Å². The maximum Gasteiger partial charge on any atom is 0.329 e. The Morgan fingerprint density at radius 1 is 1.14 bits per heavy atom. The first kappa shape index (κ1) is 16.1. The maximum absolute atomic E-state index is 12.5. The lowest BCUT2D eigenvalue weighted by molar-refractivity contribution is -0.145. The minimum absolute atomic E-state index is 0.0351. The number of hydrogen-bond acceptors (Lipinski definition) is 3. The average molecular weight is 298 g/mol. The van der Waals surface area contributed by atoms with Gasteiger partial charge in [0, 0.05) is 26.2 Å². The molecule has 0 spiro atoms. The van der Waals surface area contributed by atoms with E-state index in [4.69, 9.17) is 9.84 Å². The summed E-state index contributed by atoms with van der Waals surface area (Å²) in [5.41, 5.74) is 0. The molecule has 6 heteroatoms. The third-order valence-corrected chi connectivity index (χ3v) is 4.59. The Balaban J connectivity index is 1.74. The summed E-state index contributed by atoms with van der Waals surface area (Å²) in [6.07, 6.45) is 2.51. The van der Waals surface area contributed by atoms with Gasteiger partial charge >= 0.3 is 12.0 Å². The molecule has 2 heterocycles. The molecule has 120 valence electrons. The van der Waals surface area contributed by atoms with Crippen LogP contribution in [0, 0.1) is 11.8 Å². The van der Waals surface area contributed by atoms with E-state index in [1.54, 1.807) is 0 Å². The molecule has 2 fully saturated rings. The molecule has 21 heavy (non-hydrogen) atoms. The van der Waals surface area contributed by atoms with Crippen LogP contribution < -0.4 is 0 Å². The zero-order valence-electron chi connectivity index (χ0n) is 13.0. The highest BCUT2D eigenvalue weighted by atomic mass is 16.5. The Morgan fingerprint density at radius 2 is 1.76 bits per heavy atom. The van der Waals surface area contributed by atoms with Crippen LogP contribution in [0.3, 0.4) is 0 Å². The van der Waals surface area contributed by atoms with Crippen LogP contribution in [0.15, 0.2) is 0 Å². The standard InChI is InChI=1S/C15H26N2O4/c1-11(2)12-3-6-17(9-12)15(20)16-7-4-13(5-8-16)21-10-14(18)19/h11-13H,3-10H2,1-2H3,(H,18,19). The van der Waals surface area contributed by atoms with E-state index in [-0.39, 0.29) is 18.7 Å². The minimum atomic E-state index is -0.940. The van der Waals surface area contributed by atoms with E-state index in [2.05, 4.69) is 13.8 Å². The van der Waals surface area contributed by atoms with Crippen molar-refractivity contribution >= 4 is 12.0 Å². The maximum atomic E-state index is 12.5. The van der Waals surface area contributed by atoms with Crippen molar-refractivity contribution in [3.63, 3.8) is 0 Å². The van der Waals surface area contributed by atoms with Crippen LogP contribution >= 0.6 is 0 Å². The van der Waals surface area contributed by atoms with Gasteiger partial charge < -0.3 is 19.6 Å². The first-order valence-corrected chi connectivity index (χ1v) is 7.84. The molecule has 0 aromatic heterocycles. The number of piperidine rings is 1. The second-order valence-electron chi connectivity index (χ2n) is 6.41. The fraction of sp³-hybridized carbons (Fsp3) is 0.867. The molecule has 0 radical (unpaired) electrons. The summed E-state index contributed by atoms with van der Waals surface area (Å²) in [4.78, 5) is 26.8. The number of aliphatic carboxylic acids is 1. The van der Waals surface area contributed by atoms with Crippen LogP contribution in [0.1, 0.15) is 33.1 Å². The molecule has 2 aliphatic rings. The third kappa shape index (κ3) is 4.33. The Hall–Kier alpha value is -1.30. The number of carboxylic acids is 1. The zero-order valence-corrected chi connectivity index (χ0v) is 13.0. The lowest BCUT2D eigenvalue weighted by Crippen LogP contribution is -2.47. The molecule has 2 aliphatic heterocycles. The number of carbonyl (C=O) groups excluding carboxylic acids is 1. The summed E-state index contributed by atoms with van der Waals surface area (Å²) in [7, 11) is 0. The normalized spacial score (nSPS) is 23.9. The van der Waals surface area contributed by atoms with Gasteiger partial charge in [-0.1, -0.05) is 13.8 Å². The van der Waals surface area contributed by atoms with Crippen LogP contribution in [0.5, 0.6) is 0 Å². The number of ether oxygens (including phenoxy) is 1. The molecule has 2 amide bonds. The number of rotatable bonds is 4. The van der Waals surface area contributed by atoms with Crippen molar-refractivity contribution in [3.8, 4) is 0 Å². The summed E-state index contributed by atoms with van der Waals surface area (Å²) in [6, 6.07) is 0.134. The van der Waals surface area contributed by atoms with E-state index in [9.17, 15) is 9.59 Å². The van der Waals surface area contributed by atoms with E-state index in [1.165, 1.54) is 0 Å². The van der Waals surface area contributed by atoms with Gasteiger partial charge in [-0.15, -0.1) is 0 Å². The minimum Gasteiger partial charge on any atom is -0.480 e. The molecule has 0 aliphatic carbocycles. The molecular weight excluding hydrogens is 272 g/mol. The lowest BCUT2D eigenvalue weighted by atomic mass is 9.95. The molecule has 0 aromatic rings. The quantitative estimate of drug-likeness (QED) is 0.857. The van der Waals surface area contributed by atoms with Gasteiger partial charge in [-0.25, -0.2) is 9.59 Å². The molecule has 0 bridgehead atoms. The smallest absolute Gasteiger partial charge is 0.329 e. The van der Waals surface area contributed by atoms with Gasteiger partial charge in [0.15, 0.2) is 0 Å². The van der Waals surface area contributed by atoms with Crippen molar-refractivity contribution in [3.05, 3.63) is 0 Å². The number of nitrogens with zero attached hydrogens (tertiary/aromatic N) is 2. The Morgan fingerprint density at radius 3 is 2.29 bits per heavy atom. The topological polar surface area (TPSA) is 70.1 Å². The number of likely N-dealkylation sites (tertiary alicyclic amines) is 2. The van der Waals surface area contributed by atoms with Crippen molar-refractivity contribution in [1.29, 1.82) is 0 Å². The summed E-state index contributed by atoms with van der Waals surface area (Å²) in [6.45, 7) is 7.22. The number of hydrogen-bond donors (Lipinski definition) is 1. The highest BCUT2D eigenvalue weighted by molar-refractivity contribution is 5.74. The molecule has 2 rings (SSSR count). The molecule has 1 unspecified atom stereocenters.